The third-order valence-electron chi connectivity index (χ3n) is 2.78. The van der Waals surface area contributed by atoms with Crippen molar-refractivity contribution in [2.45, 2.75) is 33.0 Å². The van der Waals surface area contributed by atoms with Gasteiger partial charge < -0.3 is 10.1 Å². The Balaban J connectivity index is 2.47. The van der Waals surface area contributed by atoms with Gasteiger partial charge in [-0.15, -0.1) is 17.9 Å². The minimum absolute atomic E-state index is 0.532. The Morgan fingerprint density at radius 3 is 2.79 bits per heavy atom. The Morgan fingerprint density at radius 2 is 2.16 bits per heavy atom. The third-order valence-corrected chi connectivity index (χ3v) is 3.85. The average Bonchev–Trinajstić information content (AvgIpc) is 2.81. The zero-order valence-electron chi connectivity index (χ0n) is 12.3. The smallest absolute Gasteiger partial charge is 0.0589 e. The quantitative estimate of drug-likeness (QED) is 0.668. The third kappa shape index (κ3) is 6.87. The number of methoxy groups -OCH3 is 1. The van der Waals surface area contributed by atoms with E-state index < -0.39 is 0 Å². The van der Waals surface area contributed by atoms with Crippen LogP contribution in [0.15, 0.2) is 24.8 Å². The van der Waals surface area contributed by atoms with Crippen molar-refractivity contribution in [3.05, 3.63) is 34.5 Å². The lowest BCUT2D eigenvalue weighted by molar-refractivity contribution is 0.151. The lowest BCUT2D eigenvalue weighted by atomic mass is 10.3. The molecule has 1 heterocycles. The van der Waals surface area contributed by atoms with Crippen molar-refractivity contribution < 1.29 is 4.74 Å². The minimum atomic E-state index is 0.532. The van der Waals surface area contributed by atoms with Crippen molar-refractivity contribution in [3.63, 3.8) is 0 Å². The zero-order valence-corrected chi connectivity index (χ0v) is 13.1. The zero-order chi connectivity index (χ0) is 14.1. The molecule has 0 aliphatic carbocycles. The van der Waals surface area contributed by atoms with Crippen LogP contribution in [0.3, 0.4) is 0 Å². The Bertz CT molecular complexity index is 363. The Kier molecular flexibility index (Phi) is 7.98. The standard InChI is InChI=1S/C15H26N2OS/c1-5-8-17(9-10-18-4)12-15-7-6-14(19-15)11-16-13(2)3/h5-7,13,16H,1,8-12H2,2-4H3. The van der Waals surface area contributed by atoms with Gasteiger partial charge in [0.05, 0.1) is 6.61 Å². The van der Waals surface area contributed by atoms with Crippen LogP contribution >= 0.6 is 11.3 Å². The van der Waals surface area contributed by atoms with E-state index in [1.165, 1.54) is 9.75 Å². The second-order valence-corrected chi connectivity index (χ2v) is 6.17. The lowest BCUT2D eigenvalue weighted by Crippen LogP contribution is -2.26. The van der Waals surface area contributed by atoms with Gasteiger partial charge in [-0.1, -0.05) is 19.9 Å². The normalized spacial score (nSPS) is 11.4. The van der Waals surface area contributed by atoms with Crippen molar-refractivity contribution in [1.82, 2.24) is 10.2 Å². The summed E-state index contributed by atoms with van der Waals surface area (Å²) in [7, 11) is 1.74. The van der Waals surface area contributed by atoms with E-state index in [2.05, 4.69) is 42.8 Å². The highest BCUT2D eigenvalue weighted by Crippen LogP contribution is 2.18. The highest BCUT2D eigenvalue weighted by Gasteiger charge is 2.07. The van der Waals surface area contributed by atoms with Gasteiger partial charge in [0.25, 0.3) is 0 Å². The van der Waals surface area contributed by atoms with E-state index in [1.54, 1.807) is 7.11 Å². The van der Waals surface area contributed by atoms with Crippen LogP contribution in [0.2, 0.25) is 0 Å². The van der Waals surface area contributed by atoms with E-state index in [0.717, 1.165) is 32.8 Å². The molecule has 0 saturated carbocycles. The van der Waals surface area contributed by atoms with Gasteiger partial charge in [-0.2, -0.15) is 0 Å². The molecule has 0 saturated heterocycles. The van der Waals surface area contributed by atoms with E-state index >= 15 is 0 Å². The number of thiophene rings is 1. The fourth-order valence-corrected chi connectivity index (χ4v) is 2.78. The predicted octanol–water partition coefficient (Wildman–Crippen LogP) is 2.88. The first kappa shape index (κ1) is 16.4. The van der Waals surface area contributed by atoms with Crippen molar-refractivity contribution in [1.29, 1.82) is 0 Å². The van der Waals surface area contributed by atoms with E-state index in [4.69, 9.17) is 4.74 Å². The predicted molar refractivity (Wildman–Crippen MR) is 83.6 cm³/mol. The van der Waals surface area contributed by atoms with Gasteiger partial charge in [0.1, 0.15) is 0 Å². The first-order valence-corrected chi connectivity index (χ1v) is 7.60. The summed E-state index contributed by atoms with van der Waals surface area (Å²) in [6.45, 7) is 12.7. The lowest BCUT2D eigenvalue weighted by Gasteiger charge is -2.19. The topological polar surface area (TPSA) is 24.5 Å². The van der Waals surface area contributed by atoms with Crippen molar-refractivity contribution in [2.24, 2.45) is 0 Å². The molecule has 0 aromatic carbocycles. The summed E-state index contributed by atoms with van der Waals surface area (Å²) in [4.78, 5) is 5.15. The molecule has 0 aliphatic heterocycles. The largest absolute Gasteiger partial charge is 0.383 e. The molecule has 0 atom stereocenters. The van der Waals surface area contributed by atoms with E-state index in [1.807, 2.05) is 17.4 Å². The highest BCUT2D eigenvalue weighted by atomic mass is 32.1. The van der Waals surface area contributed by atoms with Crippen LogP contribution in [-0.2, 0) is 17.8 Å². The SMILES string of the molecule is C=CCN(CCOC)Cc1ccc(CNC(C)C)s1. The van der Waals surface area contributed by atoms with Crippen LogP contribution in [0, 0.1) is 0 Å². The van der Waals surface area contributed by atoms with Crippen molar-refractivity contribution in [2.75, 3.05) is 26.8 Å². The molecule has 0 fully saturated rings. The molecule has 108 valence electrons. The van der Waals surface area contributed by atoms with Crippen LogP contribution < -0.4 is 5.32 Å². The van der Waals surface area contributed by atoms with Crippen LogP contribution in [0.1, 0.15) is 23.6 Å². The summed E-state index contributed by atoms with van der Waals surface area (Å²) in [5.74, 6) is 0. The number of nitrogens with zero attached hydrogens (tertiary/aromatic N) is 1. The molecule has 1 rings (SSSR count). The fourth-order valence-electron chi connectivity index (χ4n) is 1.77. The Labute approximate surface area is 121 Å². The van der Waals surface area contributed by atoms with Crippen LogP contribution in [0.5, 0.6) is 0 Å². The van der Waals surface area contributed by atoms with E-state index in [-0.39, 0.29) is 0 Å². The number of rotatable bonds is 10. The Hall–Kier alpha value is -0.680. The Morgan fingerprint density at radius 1 is 1.42 bits per heavy atom. The van der Waals surface area contributed by atoms with Crippen LogP contribution in [-0.4, -0.2) is 37.7 Å². The number of hydrogen-bond donors (Lipinski definition) is 1. The summed E-state index contributed by atoms with van der Waals surface area (Å²) in [5, 5.41) is 3.45. The summed E-state index contributed by atoms with van der Waals surface area (Å²) < 4.78 is 5.14. The molecule has 0 radical (unpaired) electrons. The minimum Gasteiger partial charge on any atom is -0.383 e. The molecule has 0 unspecified atom stereocenters. The molecule has 1 aromatic heterocycles. The van der Waals surface area contributed by atoms with Crippen LogP contribution in [0.25, 0.3) is 0 Å². The summed E-state index contributed by atoms with van der Waals surface area (Å²) in [6, 6.07) is 4.98. The van der Waals surface area contributed by atoms with Gasteiger partial charge in [0.15, 0.2) is 0 Å². The number of nitrogens with one attached hydrogen (secondary N) is 1. The highest BCUT2D eigenvalue weighted by molar-refractivity contribution is 7.11. The van der Waals surface area contributed by atoms with E-state index in [0.29, 0.717) is 6.04 Å². The van der Waals surface area contributed by atoms with E-state index in [9.17, 15) is 0 Å². The molecule has 3 nitrogen and oxygen atoms in total. The maximum absolute atomic E-state index is 5.14. The fraction of sp³-hybridized carbons (Fsp3) is 0.600. The molecule has 0 bridgehead atoms. The molecule has 0 amide bonds. The summed E-state index contributed by atoms with van der Waals surface area (Å²) >= 11 is 1.88. The second kappa shape index (κ2) is 9.26. The van der Waals surface area contributed by atoms with Gasteiger partial charge in [0.2, 0.25) is 0 Å². The maximum Gasteiger partial charge on any atom is 0.0589 e. The van der Waals surface area contributed by atoms with Crippen molar-refractivity contribution >= 4 is 11.3 Å². The summed E-state index contributed by atoms with van der Waals surface area (Å²) in [5.41, 5.74) is 0. The van der Waals surface area contributed by atoms with Gasteiger partial charge in [-0.25, -0.2) is 0 Å². The maximum atomic E-state index is 5.14. The van der Waals surface area contributed by atoms with Gasteiger partial charge in [-0.05, 0) is 12.1 Å². The van der Waals surface area contributed by atoms with Gasteiger partial charge >= 0.3 is 0 Å². The van der Waals surface area contributed by atoms with Gasteiger partial charge in [0, 0.05) is 49.1 Å². The second-order valence-electron chi connectivity index (χ2n) is 4.92. The van der Waals surface area contributed by atoms with Crippen LogP contribution in [0.4, 0.5) is 0 Å². The number of ether oxygens (including phenoxy) is 1. The molecule has 4 heteroatoms. The first-order valence-electron chi connectivity index (χ1n) is 6.79. The average molecular weight is 282 g/mol. The summed E-state index contributed by atoms with van der Waals surface area (Å²) in [6.07, 6.45) is 1.95. The molecule has 0 spiro atoms. The first-order chi connectivity index (χ1) is 9.15. The van der Waals surface area contributed by atoms with Gasteiger partial charge in [-0.3, -0.25) is 4.90 Å². The molecular formula is C15H26N2OS. The molecule has 1 aromatic rings. The molecule has 0 aliphatic rings. The number of hydrogen-bond acceptors (Lipinski definition) is 4. The molecule has 1 N–H and O–H groups in total. The molecular weight excluding hydrogens is 256 g/mol. The molecule has 19 heavy (non-hydrogen) atoms. The van der Waals surface area contributed by atoms with Crippen molar-refractivity contribution in [3.8, 4) is 0 Å². The monoisotopic (exact) mass is 282 g/mol.